The third kappa shape index (κ3) is 4.97. The van der Waals surface area contributed by atoms with Crippen molar-refractivity contribution in [3.05, 3.63) is 64.2 Å². The lowest BCUT2D eigenvalue weighted by Gasteiger charge is -2.09. The zero-order valence-corrected chi connectivity index (χ0v) is 14.7. The minimum absolute atomic E-state index is 0.0563. The number of aryl methyl sites for hydroxylation is 1. The van der Waals surface area contributed by atoms with Crippen molar-refractivity contribution < 1.29 is 22.0 Å². The Morgan fingerprint density at radius 2 is 1.68 bits per heavy atom. The molecule has 134 valence electrons. The van der Waals surface area contributed by atoms with Gasteiger partial charge >= 0.3 is 0 Å². The summed E-state index contributed by atoms with van der Waals surface area (Å²) in [5.41, 5.74) is 0.691. The number of hydrogen-bond acceptors (Lipinski definition) is 3. The van der Waals surface area contributed by atoms with Gasteiger partial charge in [-0.25, -0.2) is 21.9 Å². The number of benzene rings is 2. The maximum Gasteiger partial charge on any atom is 0.252 e. The van der Waals surface area contributed by atoms with Gasteiger partial charge in [-0.15, -0.1) is 0 Å². The maximum atomic E-state index is 13.2. The van der Waals surface area contributed by atoms with Crippen LogP contribution in [0.5, 0.6) is 0 Å². The molecule has 1 amide bonds. The second kappa shape index (κ2) is 7.90. The molecule has 0 aliphatic rings. The van der Waals surface area contributed by atoms with Crippen LogP contribution < -0.4 is 10.0 Å². The smallest absolute Gasteiger partial charge is 0.252 e. The van der Waals surface area contributed by atoms with Crippen molar-refractivity contribution in [3.8, 4) is 0 Å². The van der Waals surface area contributed by atoms with Crippen LogP contribution in [-0.4, -0.2) is 27.4 Å². The number of sulfonamides is 1. The minimum Gasteiger partial charge on any atom is -0.351 e. The van der Waals surface area contributed by atoms with Gasteiger partial charge in [0.1, 0.15) is 0 Å². The van der Waals surface area contributed by atoms with Crippen molar-refractivity contribution in [2.75, 3.05) is 13.1 Å². The van der Waals surface area contributed by atoms with Crippen molar-refractivity contribution in [1.82, 2.24) is 10.0 Å². The highest BCUT2D eigenvalue weighted by Crippen LogP contribution is 2.19. The molecule has 0 radical (unpaired) electrons. The molecular formula is C16H15ClF2N2O3S. The summed E-state index contributed by atoms with van der Waals surface area (Å²) in [6.07, 6.45) is 0. The number of rotatable bonds is 6. The molecule has 0 atom stereocenters. The van der Waals surface area contributed by atoms with E-state index in [9.17, 15) is 22.0 Å². The van der Waals surface area contributed by atoms with E-state index in [1.165, 1.54) is 12.1 Å². The van der Waals surface area contributed by atoms with Gasteiger partial charge in [0.25, 0.3) is 5.91 Å². The van der Waals surface area contributed by atoms with Crippen molar-refractivity contribution in [2.45, 2.75) is 11.8 Å². The highest BCUT2D eigenvalue weighted by atomic mass is 35.5. The van der Waals surface area contributed by atoms with Crippen LogP contribution in [0.15, 0.2) is 41.3 Å². The molecule has 0 saturated heterocycles. The lowest BCUT2D eigenvalue weighted by Crippen LogP contribution is -2.34. The summed E-state index contributed by atoms with van der Waals surface area (Å²) in [5, 5.41) is 2.14. The molecule has 2 aromatic rings. The Bertz CT molecular complexity index is 887. The van der Waals surface area contributed by atoms with Gasteiger partial charge in [0.05, 0.1) is 15.5 Å². The van der Waals surface area contributed by atoms with Crippen LogP contribution in [0.4, 0.5) is 8.78 Å². The van der Waals surface area contributed by atoms with Crippen LogP contribution >= 0.6 is 11.6 Å². The Kier molecular flexibility index (Phi) is 6.10. The Morgan fingerprint density at radius 1 is 1.08 bits per heavy atom. The molecule has 2 N–H and O–H groups in total. The van der Waals surface area contributed by atoms with Crippen LogP contribution in [0.2, 0.25) is 5.02 Å². The molecule has 0 heterocycles. The second-order valence-electron chi connectivity index (χ2n) is 5.21. The Hall–Kier alpha value is -2.03. The zero-order chi connectivity index (χ0) is 18.6. The van der Waals surface area contributed by atoms with Gasteiger partial charge < -0.3 is 5.32 Å². The average molecular weight is 389 g/mol. The van der Waals surface area contributed by atoms with Crippen molar-refractivity contribution in [1.29, 1.82) is 0 Å². The lowest BCUT2D eigenvalue weighted by molar-refractivity contribution is 0.0954. The van der Waals surface area contributed by atoms with E-state index < -0.39 is 27.6 Å². The van der Waals surface area contributed by atoms with Crippen LogP contribution in [0.25, 0.3) is 0 Å². The van der Waals surface area contributed by atoms with Crippen LogP contribution in [0.3, 0.4) is 0 Å². The molecule has 0 aliphatic heterocycles. The quantitative estimate of drug-likeness (QED) is 0.590. The first-order valence-electron chi connectivity index (χ1n) is 7.20. The molecule has 5 nitrogen and oxygen atoms in total. The molecular weight excluding hydrogens is 374 g/mol. The van der Waals surface area contributed by atoms with Crippen molar-refractivity contribution in [2.24, 2.45) is 0 Å². The normalized spacial score (nSPS) is 11.4. The molecule has 9 heteroatoms. The van der Waals surface area contributed by atoms with Gasteiger partial charge in [0.2, 0.25) is 10.0 Å². The monoisotopic (exact) mass is 388 g/mol. The molecule has 0 fully saturated rings. The second-order valence-corrected chi connectivity index (χ2v) is 7.39. The summed E-state index contributed by atoms with van der Waals surface area (Å²) in [5.74, 6) is -3.10. The fourth-order valence-corrected chi connectivity index (χ4v) is 3.22. The van der Waals surface area contributed by atoms with Crippen molar-refractivity contribution >= 4 is 27.5 Å². The SMILES string of the molecule is Cc1ccc(S(=O)(=O)NCCNC(=O)c2cc(F)c(F)cc2Cl)cc1. The van der Waals surface area contributed by atoms with Crippen molar-refractivity contribution in [3.63, 3.8) is 0 Å². The van der Waals surface area contributed by atoms with E-state index in [2.05, 4.69) is 10.0 Å². The number of carbonyl (C=O) groups is 1. The van der Waals surface area contributed by atoms with Gasteiger partial charge in [-0.3, -0.25) is 4.79 Å². The number of nitrogens with one attached hydrogen (secondary N) is 2. The average Bonchev–Trinajstić information content (AvgIpc) is 2.55. The van der Waals surface area contributed by atoms with Gasteiger partial charge in [-0.2, -0.15) is 0 Å². The van der Waals surface area contributed by atoms with E-state index in [0.717, 1.165) is 5.56 Å². The molecule has 25 heavy (non-hydrogen) atoms. The molecule has 2 aromatic carbocycles. The van der Waals surface area contributed by atoms with Gasteiger partial charge in [-0.1, -0.05) is 29.3 Å². The van der Waals surface area contributed by atoms with Gasteiger partial charge in [-0.05, 0) is 31.2 Å². The first kappa shape index (κ1) is 19.3. The van der Waals surface area contributed by atoms with Crippen LogP contribution in [-0.2, 0) is 10.0 Å². The lowest BCUT2D eigenvalue weighted by atomic mass is 10.2. The maximum absolute atomic E-state index is 13.2. The number of hydrogen-bond donors (Lipinski definition) is 2. The van der Waals surface area contributed by atoms with E-state index in [-0.39, 0.29) is 28.6 Å². The van der Waals surface area contributed by atoms with Crippen LogP contribution in [0, 0.1) is 18.6 Å². The van der Waals surface area contributed by atoms with E-state index in [1.807, 2.05) is 6.92 Å². The summed E-state index contributed by atoms with van der Waals surface area (Å²) in [6.45, 7) is 1.70. The molecule has 0 unspecified atom stereocenters. The number of halogens is 3. The molecule has 0 spiro atoms. The van der Waals surface area contributed by atoms with E-state index >= 15 is 0 Å². The fourth-order valence-electron chi connectivity index (χ4n) is 1.95. The standard InChI is InChI=1S/C16H15ClF2N2O3S/c1-10-2-4-11(5-3-10)25(23,24)21-7-6-20-16(22)12-8-14(18)15(19)9-13(12)17/h2-5,8-9,21H,6-7H2,1H3,(H,20,22). The van der Waals surface area contributed by atoms with Gasteiger partial charge in [0.15, 0.2) is 11.6 Å². The molecule has 0 aromatic heterocycles. The predicted octanol–water partition coefficient (Wildman–Crippen LogP) is 2.63. The number of amides is 1. The Morgan fingerprint density at radius 3 is 2.32 bits per heavy atom. The summed E-state index contributed by atoms with van der Waals surface area (Å²) in [7, 11) is -3.70. The molecule has 0 saturated carbocycles. The van der Waals surface area contributed by atoms with E-state index in [0.29, 0.717) is 12.1 Å². The topological polar surface area (TPSA) is 75.3 Å². The first-order chi connectivity index (χ1) is 11.7. The van der Waals surface area contributed by atoms with Gasteiger partial charge in [0, 0.05) is 13.1 Å². The predicted molar refractivity (Wildman–Crippen MR) is 90.1 cm³/mol. The van der Waals surface area contributed by atoms with E-state index in [4.69, 9.17) is 11.6 Å². The summed E-state index contributed by atoms with van der Waals surface area (Å²) >= 11 is 5.70. The Labute approximate surface area is 149 Å². The minimum atomic E-state index is -3.70. The summed E-state index contributed by atoms with van der Waals surface area (Å²) in [4.78, 5) is 12.0. The first-order valence-corrected chi connectivity index (χ1v) is 9.06. The third-order valence-corrected chi connectivity index (χ3v) is 5.08. The summed E-state index contributed by atoms with van der Waals surface area (Å²) in [6, 6.07) is 7.66. The van der Waals surface area contributed by atoms with Crippen LogP contribution in [0.1, 0.15) is 15.9 Å². The Balaban J connectivity index is 1.91. The largest absolute Gasteiger partial charge is 0.351 e. The highest BCUT2D eigenvalue weighted by molar-refractivity contribution is 7.89. The fraction of sp³-hybridized carbons (Fsp3) is 0.188. The number of carbonyl (C=O) groups excluding carboxylic acids is 1. The molecule has 0 bridgehead atoms. The zero-order valence-electron chi connectivity index (χ0n) is 13.1. The van der Waals surface area contributed by atoms with E-state index in [1.54, 1.807) is 12.1 Å². The molecule has 2 rings (SSSR count). The third-order valence-electron chi connectivity index (χ3n) is 3.29. The molecule has 0 aliphatic carbocycles. The highest BCUT2D eigenvalue weighted by Gasteiger charge is 2.16. The summed E-state index contributed by atoms with van der Waals surface area (Å²) < 4.78 is 52.6.